The quantitative estimate of drug-likeness (QED) is 0.173. The van der Waals surface area contributed by atoms with Gasteiger partial charge >= 0.3 is 5.97 Å². The molecule has 3 aromatic rings. The Hall–Kier alpha value is -2.88. The fourth-order valence-electron chi connectivity index (χ4n) is 2.45. The van der Waals surface area contributed by atoms with Crippen LogP contribution in [0, 0.1) is 0 Å². The summed E-state index contributed by atoms with van der Waals surface area (Å²) in [4.78, 5) is 24.7. The number of hydrogen-bond donors (Lipinski definition) is 1. The van der Waals surface area contributed by atoms with Crippen molar-refractivity contribution in [1.29, 1.82) is 0 Å². The van der Waals surface area contributed by atoms with Crippen molar-refractivity contribution >= 4 is 57.0 Å². The van der Waals surface area contributed by atoms with Gasteiger partial charge in [0, 0.05) is 5.02 Å². The molecule has 1 amide bonds. The minimum atomic E-state index is -0.457. The standard InChI is InChI=1S/C22H18BrClN2O5S/c1-2-29-19-10-14(5-7-18(19)31-22(28)20-4-3-9-32-20)12-25-26-21(27)13-30-17-8-6-15(24)11-16(17)23/h3-12H,2,13H2,1H3,(H,26,27)/b25-12+. The molecule has 10 heteroatoms. The number of carbonyl (C=O) groups is 2. The van der Waals surface area contributed by atoms with Crippen molar-refractivity contribution in [3.63, 3.8) is 0 Å². The molecule has 0 spiro atoms. The maximum atomic E-state index is 12.2. The van der Waals surface area contributed by atoms with Gasteiger partial charge in [-0.2, -0.15) is 5.10 Å². The smallest absolute Gasteiger partial charge is 0.353 e. The second-order valence-electron chi connectivity index (χ2n) is 6.16. The van der Waals surface area contributed by atoms with E-state index in [4.69, 9.17) is 25.8 Å². The summed E-state index contributed by atoms with van der Waals surface area (Å²) in [5.41, 5.74) is 3.03. The number of hydrogen-bond acceptors (Lipinski definition) is 7. The van der Waals surface area contributed by atoms with Gasteiger partial charge in [0.15, 0.2) is 18.1 Å². The average molecular weight is 538 g/mol. The number of halogens is 2. The molecule has 0 bridgehead atoms. The SMILES string of the molecule is CCOc1cc(/C=N/NC(=O)COc2ccc(Cl)cc2Br)ccc1OC(=O)c1cccs1. The van der Waals surface area contributed by atoms with Gasteiger partial charge in [-0.1, -0.05) is 17.7 Å². The summed E-state index contributed by atoms with van der Waals surface area (Å²) in [7, 11) is 0. The number of amides is 1. The highest BCUT2D eigenvalue weighted by molar-refractivity contribution is 9.10. The highest BCUT2D eigenvalue weighted by Gasteiger charge is 2.14. The van der Waals surface area contributed by atoms with Gasteiger partial charge in [-0.05, 0) is 76.3 Å². The molecule has 0 saturated heterocycles. The summed E-state index contributed by atoms with van der Waals surface area (Å²) in [6.45, 7) is 1.99. The van der Waals surface area contributed by atoms with Crippen molar-refractivity contribution in [3.8, 4) is 17.2 Å². The third kappa shape index (κ3) is 6.81. The summed E-state index contributed by atoms with van der Waals surface area (Å²) < 4.78 is 17.1. The Kier molecular flexibility index (Phi) is 8.66. The second kappa shape index (κ2) is 11.7. The van der Waals surface area contributed by atoms with Crippen LogP contribution in [0.3, 0.4) is 0 Å². The fraction of sp³-hybridized carbons (Fsp3) is 0.136. The first-order chi connectivity index (χ1) is 15.5. The normalized spacial score (nSPS) is 10.7. The summed E-state index contributed by atoms with van der Waals surface area (Å²) in [6, 6.07) is 13.4. The van der Waals surface area contributed by atoms with Crippen molar-refractivity contribution in [2.45, 2.75) is 6.92 Å². The third-order valence-corrected chi connectivity index (χ3v) is 5.55. The number of carbonyl (C=O) groups excluding carboxylic acids is 2. The molecule has 2 aromatic carbocycles. The summed E-state index contributed by atoms with van der Waals surface area (Å²) in [5.74, 6) is 0.288. The van der Waals surface area contributed by atoms with Gasteiger partial charge in [0.25, 0.3) is 5.91 Å². The molecule has 3 rings (SSSR count). The van der Waals surface area contributed by atoms with Gasteiger partial charge in [0.1, 0.15) is 10.6 Å². The third-order valence-electron chi connectivity index (χ3n) is 3.85. The van der Waals surface area contributed by atoms with Crippen molar-refractivity contribution < 1.29 is 23.8 Å². The lowest BCUT2D eigenvalue weighted by Crippen LogP contribution is -2.24. The van der Waals surface area contributed by atoms with Crippen LogP contribution in [0.2, 0.25) is 5.02 Å². The van der Waals surface area contributed by atoms with Crippen LogP contribution < -0.4 is 19.6 Å². The summed E-state index contributed by atoms with van der Waals surface area (Å²) >= 11 is 10.5. The van der Waals surface area contributed by atoms with E-state index >= 15 is 0 Å². The number of ether oxygens (including phenoxy) is 3. The predicted octanol–water partition coefficient (Wildman–Crippen LogP) is 5.31. The number of nitrogens with zero attached hydrogens (tertiary/aromatic N) is 1. The van der Waals surface area contributed by atoms with E-state index in [0.29, 0.717) is 43.8 Å². The molecule has 0 aliphatic rings. The van der Waals surface area contributed by atoms with E-state index in [-0.39, 0.29) is 6.61 Å². The molecule has 0 atom stereocenters. The molecule has 1 heterocycles. The van der Waals surface area contributed by atoms with Gasteiger partial charge in [0.05, 0.1) is 17.3 Å². The minimum absolute atomic E-state index is 0.223. The van der Waals surface area contributed by atoms with Gasteiger partial charge in [0.2, 0.25) is 0 Å². The Morgan fingerprint density at radius 1 is 1.12 bits per heavy atom. The number of hydrazone groups is 1. The van der Waals surface area contributed by atoms with Crippen molar-refractivity contribution in [3.05, 3.63) is 73.8 Å². The maximum absolute atomic E-state index is 12.2. The van der Waals surface area contributed by atoms with E-state index in [1.165, 1.54) is 17.6 Å². The number of rotatable bonds is 9. The Labute approximate surface area is 202 Å². The van der Waals surface area contributed by atoms with Gasteiger partial charge < -0.3 is 14.2 Å². The Balaban J connectivity index is 1.58. The molecular formula is C22H18BrClN2O5S. The largest absolute Gasteiger partial charge is 0.490 e. The zero-order valence-corrected chi connectivity index (χ0v) is 20.0. The average Bonchev–Trinajstić information content (AvgIpc) is 3.30. The van der Waals surface area contributed by atoms with Crippen LogP contribution in [0.1, 0.15) is 22.2 Å². The Morgan fingerprint density at radius 2 is 1.94 bits per heavy atom. The first-order valence-corrected chi connectivity index (χ1v) is 11.4. The molecular weight excluding hydrogens is 520 g/mol. The molecule has 7 nitrogen and oxygen atoms in total. The monoisotopic (exact) mass is 536 g/mol. The molecule has 0 radical (unpaired) electrons. The molecule has 32 heavy (non-hydrogen) atoms. The first-order valence-electron chi connectivity index (χ1n) is 9.38. The van der Waals surface area contributed by atoms with Crippen LogP contribution in [-0.2, 0) is 4.79 Å². The van der Waals surface area contributed by atoms with E-state index in [0.717, 1.165) is 0 Å². The molecule has 0 unspecified atom stereocenters. The van der Waals surface area contributed by atoms with Crippen LogP contribution in [-0.4, -0.2) is 31.3 Å². The molecule has 0 aliphatic heterocycles. The summed E-state index contributed by atoms with van der Waals surface area (Å²) in [6.07, 6.45) is 1.45. The fourth-order valence-corrected chi connectivity index (χ4v) is 3.85. The number of benzene rings is 2. The van der Waals surface area contributed by atoms with Gasteiger partial charge in [-0.3, -0.25) is 4.79 Å². The van der Waals surface area contributed by atoms with Gasteiger partial charge in [-0.15, -0.1) is 11.3 Å². The van der Waals surface area contributed by atoms with Crippen LogP contribution >= 0.6 is 38.9 Å². The van der Waals surface area contributed by atoms with Crippen LogP contribution in [0.5, 0.6) is 17.2 Å². The van der Waals surface area contributed by atoms with E-state index in [2.05, 4.69) is 26.5 Å². The highest BCUT2D eigenvalue weighted by atomic mass is 79.9. The maximum Gasteiger partial charge on any atom is 0.353 e. The number of nitrogens with one attached hydrogen (secondary N) is 1. The predicted molar refractivity (Wildman–Crippen MR) is 127 cm³/mol. The zero-order chi connectivity index (χ0) is 22.9. The van der Waals surface area contributed by atoms with Crippen LogP contribution in [0.25, 0.3) is 0 Å². The first kappa shape index (κ1) is 23.8. The molecule has 1 N–H and O–H groups in total. The second-order valence-corrected chi connectivity index (χ2v) is 8.40. The van der Waals surface area contributed by atoms with Gasteiger partial charge in [-0.25, -0.2) is 10.2 Å². The molecule has 166 valence electrons. The molecule has 0 saturated carbocycles. The van der Waals surface area contributed by atoms with E-state index in [9.17, 15) is 9.59 Å². The Bertz CT molecular complexity index is 1120. The molecule has 0 aliphatic carbocycles. The van der Waals surface area contributed by atoms with E-state index in [1.54, 1.807) is 53.9 Å². The molecule has 1 aromatic heterocycles. The lowest BCUT2D eigenvalue weighted by Gasteiger charge is -2.11. The number of thiophene rings is 1. The van der Waals surface area contributed by atoms with Crippen LogP contribution in [0.15, 0.2) is 63.5 Å². The van der Waals surface area contributed by atoms with E-state index in [1.807, 2.05) is 6.92 Å². The van der Waals surface area contributed by atoms with Crippen molar-refractivity contribution in [2.75, 3.05) is 13.2 Å². The lowest BCUT2D eigenvalue weighted by molar-refractivity contribution is -0.123. The lowest BCUT2D eigenvalue weighted by atomic mass is 10.2. The van der Waals surface area contributed by atoms with Crippen LogP contribution in [0.4, 0.5) is 0 Å². The van der Waals surface area contributed by atoms with Crippen molar-refractivity contribution in [1.82, 2.24) is 5.43 Å². The van der Waals surface area contributed by atoms with Crippen molar-refractivity contribution in [2.24, 2.45) is 5.10 Å². The minimum Gasteiger partial charge on any atom is -0.490 e. The highest BCUT2D eigenvalue weighted by Crippen LogP contribution is 2.29. The Morgan fingerprint density at radius 3 is 2.66 bits per heavy atom. The zero-order valence-electron chi connectivity index (χ0n) is 16.8. The van der Waals surface area contributed by atoms with E-state index < -0.39 is 11.9 Å². The summed E-state index contributed by atoms with van der Waals surface area (Å²) in [5, 5.41) is 6.28. The topological polar surface area (TPSA) is 86.2 Å². The number of esters is 1. The molecule has 0 fully saturated rings.